The predicted octanol–water partition coefficient (Wildman–Crippen LogP) is 0.697. The fourth-order valence-corrected chi connectivity index (χ4v) is 1.96. The van der Waals surface area contributed by atoms with Gasteiger partial charge < -0.3 is 15.3 Å². The van der Waals surface area contributed by atoms with Crippen molar-refractivity contribution in [3.05, 3.63) is 29.3 Å². The van der Waals surface area contributed by atoms with E-state index in [4.69, 9.17) is 5.11 Å². The highest BCUT2D eigenvalue weighted by Crippen LogP contribution is 2.33. The average molecular weight is 208 g/mol. The standard InChI is InChI=1S/C11H12O4/c12-9-3-1-2-7-4-5-11(15,10(13)14)6-8(7)9/h1-3,12,15H,4-6H2,(H,13,14). The minimum Gasteiger partial charge on any atom is -0.508 e. The Bertz CT molecular complexity index is 413. The van der Waals surface area contributed by atoms with Crippen molar-refractivity contribution in [2.24, 2.45) is 0 Å². The van der Waals surface area contributed by atoms with Crippen LogP contribution in [0.1, 0.15) is 17.5 Å². The Labute approximate surface area is 86.8 Å². The molecule has 15 heavy (non-hydrogen) atoms. The van der Waals surface area contributed by atoms with Crippen LogP contribution in [-0.2, 0) is 17.6 Å². The summed E-state index contributed by atoms with van der Waals surface area (Å²) >= 11 is 0. The van der Waals surface area contributed by atoms with Gasteiger partial charge in [-0.15, -0.1) is 0 Å². The van der Waals surface area contributed by atoms with E-state index in [0.717, 1.165) is 5.56 Å². The maximum absolute atomic E-state index is 10.9. The number of benzene rings is 1. The minimum absolute atomic E-state index is 0.0235. The SMILES string of the molecule is O=C(O)C1(O)CCc2cccc(O)c2C1. The van der Waals surface area contributed by atoms with Gasteiger partial charge in [-0.05, 0) is 24.5 Å². The molecule has 0 heterocycles. The van der Waals surface area contributed by atoms with Gasteiger partial charge in [0.25, 0.3) is 0 Å². The second kappa shape index (κ2) is 3.24. The Kier molecular flexibility index (Phi) is 2.16. The van der Waals surface area contributed by atoms with E-state index in [1.807, 2.05) is 6.07 Å². The molecule has 0 fully saturated rings. The molecule has 1 aliphatic rings. The zero-order valence-electron chi connectivity index (χ0n) is 8.10. The third-order valence-electron chi connectivity index (χ3n) is 2.92. The molecule has 0 aromatic heterocycles. The molecule has 0 amide bonds. The molecule has 80 valence electrons. The van der Waals surface area contributed by atoms with Crippen molar-refractivity contribution in [1.29, 1.82) is 0 Å². The maximum atomic E-state index is 10.9. The first-order valence-corrected chi connectivity index (χ1v) is 4.78. The van der Waals surface area contributed by atoms with Crippen LogP contribution in [0.3, 0.4) is 0 Å². The highest BCUT2D eigenvalue weighted by molar-refractivity contribution is 5.78. The second-order valence-electron chi connectivity index (χ2n) is 3.93. The normalized spacial score (nSPS) is 24.6. The van der Waals surface area contributed by atoms with E-state index in [0.29, 0.717) is 12.0 Å². The number of phenolic OH excluding ortho intramolecular Hbond substituents is 1. The maximum Gasteiger partial charge on any atom is 0.336 e. The molecule has 0 radical (unpaired) electrons. The van der Waals surface area contributed by atoms with E-state index in [1.165, 1.54) is 6.07 Å². The third kappa shape index (κ3) is 1.57. The molecular weight excluding hydrogens is 196 g/mol. The molecule has 0 aliphatic heterocycles. The number of aliphatic carboxylic acids is 1. The van der Waals surface area contributed by atoms with Crippen LogP contribution in [0.15, 0.2) is 18.2 Å². The summed E-state index contributed by atoms with van der Waals surface area (Å²) in [6, 6.07) is 5.07. The number of carbonyl (C=O) groups is 1. The molecule has 1 aliphatic carbocycles. The number of carboxylic acids is 1. The highest BCUT2D eigenvalue weighted by atomic mass is 16.4. The first-order chi connectivity index (χ1) is 7.03. The predicted molar refractivity (Wildman–Crippen MR) is 52.7 cm³/mol. The summed E-state index contributed by atoms with van der Waals surface area (Å²) in [5.74, 6) is -1.16. The Balaban J connectivity index is 2.42. The van der Waals surface area contributed by atoms with Gasteiger partial charge in [0.2, 0.25) is 0 Å². The molecule has 3 N–H and O–H groups in total. The molecule has 1 aromatic carbocycles. The topological polar surface area (TPSA) is 77.8 Å². The molecule has 4 heteroatoms. The van der Waals surface area contributed by atoms with Gasteiger partial charge in [-0.1, -0.05) is 12.1 Å². The Morgan fingerprint density at radius 1 is 1.40 bits per heavy atom. The van der Waals surface area contributed by atoms with Crippen LogP contribution in [0, 0.1) is 0 Å². The van der Waals surface area contributed by atoms with Crippen LogP contribution in [0.5, 0.6) is 5.75 Å². The van der Waals surface area contributed by atoms with Gasteiger partial charge in [0.1, 0.15) is 5.75 Å². The Hall–Kier alpha value is -1.55. The minimum atomic E-state index is -1.73. The molecule has 4 nitrogen and oxygen atoms in total. The van der Waals surface area contributed by atoms with Crippen LogP contribution >= 0.6 is 0 Å². The summed E-state index contributed by atoms with van der Waals surface area (Å²) in [7, 11) is 0. The zero-order valence-corrected chi connectivity index (χ0v) is 8.10. The van der Waals surface area contributed by atoms with Crippen molar-refractivity contribution in [1.82, 2.24) is 0 Å². The van der Waals surface area contributed by atoms with Gasteiger partial charge in [0, 0.05) is 12.0 Å². The molecule has 0 spiro atoms. The number of aryl methyl sites for hydroxylation is 1. The van der Waals surface area contributed by atoms with Gasteiger partial charge in [-0.3, -0.25) is 0 Å². The largest absolute Gasteiger partial charge is 0.508 e. The second-order valence-corrected chi connectivity index (χ2v) is 3.93. The van der Waals surface area contributed by atoms with Crippen LogP contribution in [0.2, 0.25) is 0 Å². The van der Waals surface area contributed by atoms with Crippen molar-refractivity contribution in [2.75, 3.05) is 0 Å². The fourth-order valence-electron chi connectivity index (χ4n) is 1.96. The van der Waals surface area contributed by atoms with Crippen molar-refractivity contribution in [3.8, 4) is 5.75 Å². The van der Waals surface area contributed by atoms with Gasteiger partial charge in [0.15, 0.2) is 5.60 Å². The highest BCUT2D eigenvalue weighted by Gasteiger charge is 2.40. The zero-order chi connectivity index (χ0) is 11.1. The van der Waals surface area contributed by atoms with E-state index >= 15 is 0 Å². The molecule has 1 aromatic rings. The van der Waals surface area contributed by atoms with Crippen molar-refractivity contribution in [3.63, 3.8) is 0 Å². The quantitative estimate of drug-likeness (QED) is 0.634. The van der Waals surface area contributed by atoms with E-state index in [2.05, 4.69) is 0 Å². The lowest BCUT2D eigenvalue weighted by molar-refractivity contribution is -0.159. The van der Waals surface area contributed by atoms with Crippen LogP contribution < -0.4 is 0 Å². The van der Waals surface area contributed by atoms with E-state index in [-0.39, 0.29) is 18.6 Å². The lowest BCUT2D eigenvalue weighted by Crippen LogP contribution is -2.43. The molecule has 1 atom stereocenters. The Morgan fingerprint density at radius 3 is 2.80 bits per heavy atom. The van der Waals surface area contributed by atoms with E-state index in [9.17, 15) is 15.0 Å². The van der Waals surface area contributed by atoms with Gasteiger partial charge in [-0.25, -0.2) is 4.79 Å². The number of rotatable bonds is 1. The summed E-state index contributed by atoms with van der Waals surface area (Å²) in [5, 5.41) is 28.3. The third-order valence-corrected chi connectivity index (χ3v) is 2.92. The number of hydrogen-bond acceptors (Lipinski definition) is 3. The number of aliphatic hydroxyl groups is 1. The molecule has 1 unspecified atom stereocenters. The summed E-state index contributed by atoms with van der Waals surface area (Å²) < 4.78 is 0. The Morgan fingerprint density at radius 2 is 2.13 bits per heavy atom. The van der Waals surface area contributed by atoms with Gasteiger partial charge in [-0.2, -0.15) is 0 Å². The van der Waals surface area contributed by atoms with Crippen molar-refractivity contribution < 1.29 is 20.1 Å². The van der Waals surface area contributed by atoms with Gasteiger partial charge >= 0.3 is 5.97 Å². The number of fused-ring (bicyclic) bond motifs is 1. The first kappa shape index (κ1) is 9.98. The van der Waals surface area contributed by atoms with Crippen molar-refractivity contribution >= 4 is 5.97 Å². The van der Waals surface area contributed by atoms with Crippen LogP contribution in [0.25, 0.3) is 0 Å². The summed E-state index contributed by atoms with van der Waals surface area (Å²) in [6.45, 7) is 0. The monoisotopic (exact) mass is 208 g/mol. The number of aromatic hydroxyl groups is 1. The molecule has 0 bridgehead atoms. The number of hydrogen-bond donors (Lipinski definition) is 3. The summed E-state index contributed by atoms with van der Waals surface area (Å²) in [4.78, 5) is 10.9. The number of phenols is 1. The van der Waals surface area contributed by atoms with Crippen LogP contribution in [0.4, 0.5) is 0 Å². The molecule has 0 saturated heterocycles. The fraction of sp³-hybridized carbons (Fsp3) is 0.364. The van der Waals surface area contributed by atoms with E-state index < -0.39 is 11.6 Å². The molecule has 2 rings (SSSR count). The molecular formula is C11H12O4. The summed E-state index contributed by atoms with van der Waals surface area (Å²) in [6.07, 6.45) is 0.648. The van der Waals surface area contributed by atoms with Crippen molar-refractivity contribution in [2.45, 2.75) is 24.9 Å². The summed E-state index contributed by atoms with van der Waals surface area (Å²) in [5.41, 5.74) is -0.263. The van der Waals surface area contributed by atoms with Crippen LogP contribution in [-0.4, -0.2) is 26.9 Å². The number of carboxylic acid groups (broad SMARTS) is 1. The van der Waals surface area contributed by atoms with E-state index in [1.54, 1.807) is 6.07 Å². The molecule has 0 saturated carbocycles. The first-order valence-electron chi connectivity index (χ1n) is 4.78. The lowest BCUT2D eigenvalue weighted by atomic mass is 9.80. The average Bonchev–Trinajstić information content (AvgIpc) is 2.19. The smallest absolute Gasteiger partial charge is 0.336 e. The van der Waals surface area contributed by atoms with Gasteiger partial charge in [0.05, 0.1) is 0 Å². The lowest BCUT2D eigenvalue weighted by Gasteiger charge is -2.29.